The molecule has 0 bridgehead atoms. The van der Waals surface area contributed by atoms with Gasteiger partial charge in [-0.15, -0.1) is 0 Å². The number of nitrogens with zero attached hydrogens (tertiary/aromatic N) is 1. The van der Waals surface area contributed by atoms with E-state index < -0.39 is 11.6 Å². The molecule has 2 saturated heterocycles. The molecule has 1 unspecified atom stereocenters. The van der Waals surface area contributed by atoms with Gasteiger partial charge in [0.05, 0.1) is 0 Å². The topological polar surface area (TPSA) is 90.5 Å². The lowest BCUT2D eigenvalue weighted by Crippen LogP contribution is -2.47. The summed E-state index contributed by atoms with van der Waals surface area (Å²) in [7, 11) is 0. The van der Waals surface area contributed by atoms with Crippen LogP contribution in [0.2, 0.25) is 0 Å². The van der Waals surface area contributed by atoms with Gasteiger partial charge in [0.15, 0.2) is 0 Å². The number of nitrogens with one attached hydrogen (secondary N) is 3. The van der Waals surface area contributed by atoms with Gasteiger partial charge in [0.25, 0.3) is 5.91 Å². The highest BCUT2D eigenvalue weighted by atomic mass is 16.2. The molecule has 110 valence electrons. The number of carbonyl (C=O) groups is 3. The Labute approximate surface area is 117 Å². The lowest BCUT2D eigenvalue weighted by molar-refractivity contribution is -0.135. The van der Waals surface area contributed by atoms with E-state index in [4.69, 9.17) is 0 Å². The van der Waals surface area contributed by atoms with E-state index in [0.29, 0.717) is 12.8 Å². The molecule has 0 aromatic rings. The number of hydrogen-bond acceptors (Lipinski definition) is 4. The zero-order chi connectivity index (χ0) is 14.2. The van der Waals surface area contributed by atoms with Crippen molar-refractivity contribution >= 4 is 17.8 Å². The average Bonchev–Trinajstić information content (AvgIpc) is 3.10. The van der Waals surface area contributed by atoms with Crippen molar-refractivity contribution in [2.75, 3.05) is 19.6 Å². The van der Waals surface area contributed by atoms with E-state index in [2.05, 4.69) is 16.0 Å². The molecule has 0 aromatic heterocycles. The van der Waals surface area contributed by atoms with Crippen molar-refractivity contribution in [2.45, 2.75) is 43.7 Å². The first-order valence-corrected chi connectivity index (χ1v) is 7.25. The van der Waals surface area contributed by atoms with Gasteiger partial charge in [-0.2, -0.15) is 0 Å². The summed E-state index contributed by atoms with van der Waals surface area (Å²) in [5.74, 6) is -0.503. The summed E-state index contributed by atoms with van der Waals surface area (Å²) in [5, 5.41) is 8.78. The van der Waals surface area contributed by atoms with Crippen LogP contribution in [-0.4, -0.2) is 54.0 Å². The van der Waals surface area contributed by atoms with Crippen molar-refractivity contribution in [1.29, 1.82) is 0 Å². The van der Waals surface area contributed by atoms with E-state index in [1.165, 1.54) is 0 Å². The van der Waals surface area contributed by atoms with E-state index in [-0.39, 0.29) is 24.4 Å². The SMILES string of the molecule is O=C(CN1C(=O)NC2(CCCC2)C1=O)NC1CCNC1. The standard InChI is InChI=1S/C13H20N4O3/c18-10(15-9-3-6-14-7-9)8-17-11(19)13(16-12(17)20)4-1-2-5-13/h9,14H,1-8H2,(H,15,18)(H,16,20). The minimum Gasteiger partial charge on any atom is -0.350 e. The zero-order valence-electron chi connectivity index (χ0n) is 11.4. The Kier molecular flexibility index (Phi) is 3.37. The highest BCUT2D eigenvalue weighted by molar-refractivity contribution is 6.09. The van der Waals surface area contributed by atoms with Crippen molar-refractivity contribution in [1.82, 2.24) is 20.9 Å². The number of rotatable bonds is 3. The summed E-state index contributed by atoms with van der Waals surface area (Å²) >= 11 is 0. The highest BCUT2D eigenvalue weighted by Crippen LogP contribution is 2.34. The molecule has 1 aliphatic carbocycles. The predicted molar refractivity (Wildman–Crippen MR) is 70.9 cm³/mol. The van der Waals surface area contributed by atoms with Crippen molar-refractivity contribution in [3.63, 3.8) is 0 Å². The van der Waals surface area contributed by atoms with E-state index in [1.54, 1.807) is 0 Å². The van der Waals surface area contributed by atoms with Crippen LogP contribution in [0.15, 0.2) is 0 Å². The smallest absolute Gasteiger partial charge is 0.325 e. The molecule has 7 nitrogen and oxygen atoms in total. The van der Waals surface area contributed by atoms with Crippen molar-refractivity contribution in [3.05, 3.63) is 0 Å². The zero-order valence-corrected chi connectivity index (χ0v) is 11.4. The Bertz CT molecular complexity index is 439. The van der Waals surface area contributed by atoms with Gasteiger partial charge >= 0.3 is 6.03 Å². The molecule has 0 aromatic carbocycles. The maximum Gasteiger partial charge on any atom is 0.325 e. The summed E-state index contributed by atoms with van der Waals surface area (Å²) in [6, 6.07) is -0.333. The van der Waals surface area contributed by atoms with Gasteiger partial charge < -0.3 is 16.0 Å². The van der Waals surface area contributed by atoms with Crippen LogP contribution in [0.3, 0.4) is 0 Å². The van der Waals surface area contributed by atoms with E-state index in [9.17, 15) is 14.4 Å². The minimum absolute atomic E-state index is 0.101. The molecule has 1 saturated carbocycles. The van der Waals surface area contributed by atoms with E-state index in [1.807, 2.05) is 0 Å². The van der Waals surface area contributed by atoms with Crippen LogP contribution in [0.5, 0.6) is 0 Å². The fraction of sp³-hybridized carbons (Fsp3) is 0.769. The summed E-state index contributed by atoms with van der Waals surface area (Å²) in [6.07, 6.45) is 4.14. The first-order valence-electron chi connectivity index (χ1n) is 7.25. The molecule has 3 N–H and O–H groups in total. The van der Waals surface area contributed by atoms with Gasteiger partial charge in [0, 0.05) is 12.6 Å². The predicted octanol–water partition coefficient (Wildman–Crippen LogP) is -0.671. The van der Waals surface area contributed by atoms with E-state index in [0.717, 1.165) is 37.3 Å². The molecule has 2 aliphatic heterocycles. The molecular weight excluding hydrogens is 260 g/mol. The van der Waals surface area contributed by atoms with Gasteiger partial charge in [-0.05, 0) is 25.8 Å². The molecule has 4 amide bonds. The molecule has 3 fully saturated rings. The second-order valence-electron chi connectivity index (χ2n) is 5.87. The van der Waals surface area contributed by atoms with Crippen LogP contribution in [0, 0.1) is 0 Å². The monoisotopic (exact) mass is 280 g/mol. The van der Waals surface area contributed by atoms with Crippen LogP contribution < -0.4 is 16.0 Å². The Morgan fingerprint density at radius 2 is 2.10 bits per heavy atom. The van der Waals surface area contributed by atoms with Gasteiger partial charge in [0.2, 0.25) is 5.91 Å². The van der Waals surface area contributed by atoms with Gasteiger partial charge in [-0.3, -0.25) is 14.5 Å². The fourth-order valence-electron chi connectivity index (χ4n) is 3.33. The summed E-state index contributed by atoms with van der Waals surface area (Å²) in [4.78, 5) is 37.3. The molecule has 3 aliphatic rings. The number of hydrogen-bond donors (Lipinski definition) is 3. The molecule has 3 rings (SSSR count). The minimum atomic E-state index is -0.730. The average molecular weight is 280 g/mol. The Morgan fingerprint density at radius 1 is 1.35 bits per heavy atom. The van der Waals surface area contributed by atoms with Gasteiger partial charge in [0.1, 0.15) is 12.1 Å². The Hall–Kier alpha value is -1.63. The van der Waals surface area contributed by atoms with Gasteiger partial charge in [-0.1, -0.05) is 12.8 Å². The quantitative estimate of drug-likeness (QED) is 0.598. The maximum atomic E-state index is 12.4. The van der Waals surface area contributed by atoms with Crippen molar-refractivity contribution in [2.24, 2.45) is 0 Å². The third-order valence-corrected chi connectivity index (χ3v) is 4.43. The number of imide groups is 1. The second-order valence-corrected chi connectivity index (χ2v) is 5.87. The lowest BCUT2D eigenvalue weighted by atomic mass is 9.98. The van der Waals surface area contributed by atoms with Crippen molar-refractivity contribution in [3.8, 4) is 0 Å². The number of amides is 4. The first-order chi connectivity index (χ1) is 9.61. The molecule has 20 heavy (non-hydrogen) atoms. The second kappa shape index (κ2) is 5.05. The van der Waals surface area contributed by atoms with Crippen LogP contribution in [-0.2, 0) is 9.59 Å². The van der Waals surface area contributed by atoms with E-state index >= 15 is 0 Å². The summed E-state index contributed by atoms with van der Waals surface area (Å²) in [5.41, 5.74) is -0.730. The van der Waals surface area contributed by atoms with Crippen molar-refractivity contribution < 1.29 is 14.4 Å². The summed E-state index contributed by atoms with van der Waals surface area (Å²) < 4.78 is 0. The number of urea groups is 1. The molecule has 2 heterocycles. The van der Waals surface area contributed by atoms with Crippen LogP contribution in [0.4, 0.5) is 4.79 Å². The third kappa shape index (κ3) is 2.26. The van der Waals surface area contributed by atoms with Crippen LogP contribution in [0.25, 0.3) is 0 Å². The molecule has 1 spiro atoms. The number of carbonyl (C=O) groups excluding carboxylic acids is 3. The summed E-state index contributed by atoms with van der Waals surface area (Å²) in [6.45, 7) is 1.45. The fourth-order valence-corrected chi connectivity index (χ4v) is 3.33. The maximum absolute atomic E-state index is 12.4. The Morgan fingerprint density at radius 3 is 2.75 bits per heavy atom. The molecular formula is C13H20N4O3. The normalized spacial score (nSPS) is 28.2. The first kappa shape index (κ1) is 13.4. The highest BCUT2D eigenvalue weighted by Gasteiger charge is 2.52. The van der Waals surface area contributed by atoms with Crippen LogP contribution >= 0.6 is 0 Å². The molecule has 7 heteroatoms. The van der Waals surface area contributed by atoms with Crippen LogP contribution in [0.1, 0.15) is 32.1 Å². The Balaban J connectivity index is 1.60. The lowest BCUT2D eigenvalue weighted by Gasteiger charge is -2.20. The largest absolute Gasteiger partial charge is 0.350 e. The molecule has 1 atom stereocenters. The van der Waals surface area contributed by atoms with Gasteiger partial charge in [-0.25, -0.2) is 4.79 Å². The third-order valence-electron chi connectivity index (χ3n) is 4.43. The molecule has 0 radical (unpaired) electrons.